The summed E-state index contributed by atoms with van der Waals surface area (Å²) in [5.74, 6) is -1.78. The Morgan fingerprint density at radius 2 is 2.00 bits per heavy atom. The number of rotatable bonds is 3. The highest BCUT2D eigenvalue weighted by molar-refractivity contribution is 5.92. The van der Waals surface area contributed by atoms with Crippen molar-refractivity contribution < 1.29 is 49.3 Å². The van der Waals surface area contributed by atoms with E-state index in [1.807, 2.05) is 0 Å². The lowest BCUT2D eigenvalue weighted by Crippen LogP contribution is -2.60. The number of carbonyl (C=O) groups excluding carboxylic acids is 1. The first-order chi connectivity index (χ1) is 12.3. The van der Waals surface area contributed by atoms with Crippen LogP contribution in [0.4, 0.5) is 0 Å². The quantitative estimate of drug-likeness (QED) is 0.323. The van der Waals surface area contributed by atoms with Gasteiger partial charge >= 0.3 is 5.97 Å². The maximum absolute atomic E-state index is 12.0. The lowest BCUT2D eigenvalue weighted by atomic mass is 9.81. The number of hydrogen-bond donors (Lipinski definition) is 5. The zero-order valence-electron chi connectivity index (χ0n) is 14.0. The van der Waals surface area contributed by atoms with E-state index in [2.05, 4.69) is 0 Å². The molecule has 1 saturated carbocycles. The average Bonchev–Trinajstić information content (AvgIpc) is 3.06. The number of aliphatic hydroxyl groups excluding tert-OH is 4. The van der Waals surface area contributed by atoms with Crippen LogP contribution in [0.25, 0.3) is 0 Å². The van der Waals surface area contributed by atoms with Crippen LogP contribution in [0.2, 0.25) is 0 Å². The fourth-order valence-electron chi connectivity index (χ4n) is 4.36. The molecule has 5 N–H and O–H groups in total. The maximum atomic E-state index is 12.0. The molecular weight excluding hydrogens is 352 g/mol. The lowest BCUT2D eigenvalue weighted by Gasteiger charge is -2.41. The molecule has 0 spiro atoms. The van der Waals surface area contributed by atoms with Gasteiger partial charge in [0.2, 0.25) is 0 Å². The van der Waals surface area contributed by atoms with Crippen LogP contribution in [0, 0.1) is 11.8 Å². The predicted molar refractivity (Wildman–Crippen MR) is 80.2 cm³/mol. The van der Waals surface area contributed by atoms with Crippen molar-refractivity contribution >= 4 is 5.97 Å². The first kappa shape index (κ1) is 18.1. The Morgan fingerprint density at radius 1 is 1.27 bits per heavy atom. The average molecular weight is 374 g/mol. The molecule has 26 heavy (non-hydrogen) atoms. The number of hydrogen-bond acceptors (Lipinski definition) is 10. The molecule has 3 heterocycles. The molecule has 146 valence electrons. The molecule has 0 aromatic heterocycles. The minimum Gasteiger partial charge on any atom is -0.498 e. The highest BCUT2D eigenvalue weighted by Crippen LogP contribution is 2.53. The molecule has 10 heteroatoms. The highest BCUT2D eigenvalue weighted by atomic mass is 16.7. The van der Waals surface area contributed by atoms with Gasteiger partial charge in [-0.1, -0.05) is 6.92 Å². The van der Waals surface area contributed by atoms with Crippen LogP contribution < -0.4 is 0 Å². The van der Waals surface area contributed by atoms with Gasteiger partial charge in [-0.2, -0.15) is 0 Å². The summed E-state index contributed by atoms with van der Waals surface area (Å²) in [6.45, 7) is 1.08. The molecule has 3 fully saturated rings. The van der Waals surface area contributed by atoms with E-state index in [9.17, 15) is 30.3 Å². The third kappa shape index (κ3) is 2.34. The molecule has 1 aliphatic carbocycles. The van der Waals surface area contributed by atoms with Crippen LogP contribution in [0.5, 0.6) is 0 Å². The molecule has 0 bridgehead atoms. The van der Waals surface area contributed by atoms with Crippen LogP contribution >= 0.6 is 0 Å². The molecule has 0 unspecified atom stereocenters. The summed E-state index contributed by atoms with van der Waals surface area (Å²) in [5, 5.41) is 50.2. The molecule has 4 rings (SSSR count). The Labute approximate surface area is 148 Å². The first-order valence-corrected chi connectivity index (χ1v) is 8.50. The second-order valence-corrected chi connectivity index (χ2v) is 7.31. The van der Waals surface area contributed by atoms with Gasteiger partial charge in [-0.05, 0) is 0 Å². The van der Waals surface area contributed by atoms with E-state index in [-0.39, 0.29) is 12.2 Å². The maximum Gasteiger partial charge on any atom is 0.338 e. The second kappa shape index (κ2) is 6.13. The van der Waals surface area contributed by atoms with Gasteiger partial charge in [-0.3, -0.25) is 0 Å². The molecule has 10 nitrogen and oxygen atoms in total. The van der Waals surface area contributed by atoms with Crippen molar-refractivity contribution in [3.8, 4) is 0 Å². The minimum atomic E-state index is -1.59. The summed E-state index contributed by atoms with van der Waals surface area (Å²) in [5.41, 5.74) is -1.16. The second-order valence-electron chi connectivity index (χ2n) is 7.31. The van der Waals surface area contributed by atoms with Gasteiger partial charge in [0.05, 0.1) is 24.4 Å². The van der Waals surface area contributed by atoms with Gasteiger partial charge in [-0.15, -0.1) is 0 Å². The van der Waals surface area contributed by atoms with Gasteiger partial charge < -0.3 is 44.5 Å². The molecule has 2 saturated heterocycles. The van der Waals surface area contributed by atoms with Gasteiger partial charge in [0.25, 0.3) is 0 Å². The molecule has 4 aliphatic rings. The smallest absolute Gasteiger partial charge is 0.338 e. The van der Waals surface area contributed by atoms with Crippen molar-refractivity contribution in [2.45, 2.75) is 55.4 Å². The molecular formula is C16H22O10. The number of ether oxygens (including phenoxy) is 4. The molecule has 3 aliphatic heterocycles. The van der Waals surface area contributed by atoms with E-state index in [0.29, 0.717) is 0 Å². The predicted octanol–water partition coefficient (Wildman–Crippen LogP) is -2.99. The molecule has 10 atom stereocenters. The van der Waals surface area contributed by atoms with Crippen LogP contribution in [-0.4, -0.2) is 93.2 Å². The fraction of sp³-hybridized carbons (Fsp3) is 0.812. The Kier molecular flexibility index (Phi) is 4.27. The monoisotopic (exact) mass is 374 g/mol. The number of carbonyl (C=O) groups is 1. The van der Waals surface area contributed by atoms with E-state index in [1.165, 1.54) is 6.26 Å². The Bertz CT molecular complexity index is 620. The topological polar surface area (TPSA) is 155 Å². The van der Waals surface area contributed by atoms with Crippen LogP contribution in [0.3, 0.4) is 0 Å². The van der Waals surface area contributed by atoms with Crippen molar-refractivity contribution in [1.82, 2.24) is 0 Å². The highest BCUT2D eigenvalue weighted by Gasteiger charge is 2.68. The van der Waals surface area contributed by atoms with Crippen LogP contribution in [0.15, 0.2) is 11.8 Å². The Hall–Kier alpha value is -1.27. The number of esters is 1. The Morgan fingerprint density at radius 3 is 2.69 bits per heavy atom. The van der Waals surface area contributed by atoms with Gasteiger partial charge in [-0.25, -0.2) is 4.79 Å². The molecule has 0 radical (unpaired) electrons. The SMILES string of the molecule is C[C@H]1[C@H](O[C@@H]2O[C@H](CO)[C@@H](O)[C@H](O)[C@@H]2O)[C@@H]2OC(=O)C3=COC[C@@]1(O)[C@@H]32. The van der Waals surface area contributed by atoms with Crippen LogP contribution in [0.1, 0.15) is 6.92 Å². The van der Waals surface area contributed by atoms with Crippen molar-refractivity contribution in [2.75, 3.05) is 13.2 Å². The summed E-state index contributed by atoms with van der Waals surface area (Å²) in [7, 11) is 0. The van der Waals surface area contributed by atoms with Crippen molar-refractivity contribution in [1.29, 1.82) is 0 Å². The standard InChI is InChI=1S/C16H22O10/c1-5-12(26-15-11(20)10(19)9(18)7(2-17)24-15)13-8-6(14(21)25-13)3-23-4-16(5,8)22/h3,5,7-13,15,17-20,22H,2,4H2,1H3/t5-,7+,8-,9+,10-,11-,12-,13+,15-,16-/m0/s1. The first-order valence-electron chi connectivity index (χ1n) is 8.50. The van der Waals surface area contributed by atoms with Crippen molar-refractivity contribution in [3.63, 3.8) is 0 Å². The zero-order valence-corrected chi connectivity index (χ0v) is 14.0. The summed E-state index contributed by atoms with van der Waals surface area (Å²) in [6, 6.07) is 0. The summed E-state index contributed by atoms with van der Waals surface area (Å²) in [6.07, 6.45) is -7.54. The van der Waals surface area contributed by atoms with E-state index in [4.69, 9.17) is 18.9 Å². The van der Waals surface area contributed by atoms with Gasteiger partial charge in [0, 0.05) is 5.92 Å². The summed E-state index contributed by atoms with van der Waals surface area (Å²) >= 11 is 0. The molecule has 0 aromatic carbocycles. The fourth-order valence-corrected chi connectivity index (χ4v) is 4.36. The molecule has 0 aromatic rings. The van der Waals surface area contributed by atoms with E-state index < -0.39 is 72.9 Å². The van der Waals surface area contributed by atoms with Crippen LogP contribution in [-0.2, 0) is 23.7 Å². The van der Waals surface area contributed by atoms with Crippen molar-refractivity contribution in [2.24, 2.45) is 11.8 Å². The molecule has 0 amide bonds. The van der Waals surface area contributed by atoms with Gasteiger partial charge in [0.15, 0.2) is 6.29 Å². The van der Waals surface area contributed by atoms with E-state index >= 15 is 0 Å². The Balaban J connectivity index is 1.59. The minimum absolute atomic E-state index is 0.0377. The summed E-state index contributed by atoms with van der Waals surface area (Å²) in [4.78, 5) is 12.0. The largest absolute Gasteiger partial charge is 0.498 e. The lowest BCUT2D eigenvalue weighted by molar-refractivity contribution is -0.319. The summed E-state index contributed by atoms with van der Waals surface area (Å²) < 4.78 is 21.7. The van der Waals surface area contributed by atoms with Gasteiger partial charge in [0.1, 0.15) is 48.8 Å². The van der Waals surface area contributed by atoms with E-state index in [1.54, 1.807) is 6.92 Å². The number of aliphatic hydroxyl groups is 5. The third-order valence-electron chi connectivity index (χ3n) is 5.95. The normalized spacial score (nSPS) is 52.9. The van der Waals surface area contributed by atoms with E-state index in [0.717, 1.165) is 0 Å². The third-order valence-corrected chi connectivity index (χ3v) is 5.95. The van der Waals surface area contributed by atoms with Crippen molar-refractivity contribution in [3.05, 3.63) is 11.8 Å². The zero-order chi connectivity index (χ0) is 18.8.